The molecule has 4 nitrogen and oxygen atoms in total. The van der Waals surface area contributed by atoms with Crippen molar-refractivity contribution in [2.24, 2.45) is 5.92 Å². The first-order chi connectivity index (χ1) is 10.8. The highest BCUT2D eigenvalue weighted by Gasteiger charge is 2.43. The van der Waals surface area contributed by atoms with Crippen molar-refractivity contribution in [3.63, 3.8) is 0 Å². The van der Waals surface area contributed by atoms with Crippen LogP contribution >= 0.6 is 0 Å². The largest absolute Gasteiger partial charge is 0.419 e. The van der Waals surface area contributed by atoms with Crippen molar-refractivity contribution in [1.82, 2.24) is 10.2 Å². The molecule has 1 aromatic carbocycles. The van der Waals surface area contributed by atoms with Gasteiger partial charge in [0.05, 0.1) is 17.5 Å². The number of carbonyl (C=O) groups excluding carboxylic acids is 2. The molecule has 0 bridgehead atoms. The molecule has 0 aliphatic carbocycles. The first kappa shape index (κ1) is 15.8. The van der Waals surface area contributed by atoms with Gasteiger partial charge in [-0.2, -0.15) is 13.2 Å². The van der Waals surface area contributed by atoms with Gasteiger partial charge in [-0.3, -0.25) is 9.59 Å². The third-order valence-corrected chi connectivity index (χ3v) is 4.38. The molecule has 3 rings (SSSR count). The minimum atomic E-state index is -4.87. The predicted octanol–water partition coefficient (Wildman–Crippen LogP) is 2.20. The number of amides is 2. The van der Waals surface area contributed by atoms with Gasteiger partial charge in [-0.15, -0.1) is 0 Å². The third-order valence-electron chi connectivity index (χ3n) is 4.38. The molecule has 2 fully saturated rings. The van der Waals surface area contributed by atoms with E-state index in [0.29, 0.717) is 38.1 Å². The molecule has 0 spiro atoms. The third kappa shape index (κ3) is 2.77. The van der Waals surface area contributed by atoms with Gasteiger partial charge in [0.2, 0.25) is 5.91 Å². The maximum atomic E-state index is 13.3. The molecule has 1 aromatic rings. The van der Waals surface area contributed by atoms with E-state index in [4.69, 9.17) is 0 Å². The molecule has 124 valence electrons. The molecular formula is C15H14F4N2O2. The van der Waals surface area contributed by atoms with Gasteiger partial charge in [-0.25, -0.2) is 4.39 Å². The first-order valence-corrected chi connectivity index (χ1v) is 7.24. The summed E-state index contributed by atoms with van der Waals surface area (Å²) < 4.78 is 51.7. The van der Waals surface area contributed by atoms with E-state index in [0.717, 1.165) is 6.07 Å². The molecule has 0 unspecified atom stereocenters. The van der Waals surface area contributed by atoms with E-state index in [1.54, 1.807) is 0 Å². The van der Waals surface area contributed by atoms with Crippen LogP contribution < -0.4 is 5.32 Å². The Balaban J connectivity index is 1.90. The van der Waals surface area contributed by atoms with Crippen LogP contribution in [-0.4, -0.2) is 35.8 Å². The van der Waals surface area contributed by atoms with Crippen molar-refractivity contribution in [3.05, 3.63) is 35.1 Å². The standard InChI is InChI=1S/C15H14F4N2O2/c16-11-4-3-8(6-10(11)15(17,18)19)14(23)21-5-1-2-9-12(21)7-20-13(9)22/h3-4,6,9,12H,1-2,5,7H2,(H,20,22)/t9-,12-/m1/s1. The van der Waals surface area contributed by atoms with Gasteiger partial charge in [0.1, 0.15) is 5.82 Å². The number of hydrogen-bond acceptors (Lipinski definition) is 2. The lowest BCUT2D eigenvalue weighted by atomic mass is 9.91. The molecule has 2 saturated heterocycles. The van der Waals surface area contributed by atoms with Gasteiger partial charge in [-0.1, -0.05) is 0 Å². The number of hydrogen-bond donors (Lipinski definition) is 1. The van der Waals surface area contributed by atoms with Crippen LogP contribution in [0.15, 0.2) is 18.2 Å². The van der Waals surface area contributed by atoms with Gasteiger partial charge in [0.25, 0.3) is 5.91 Å². The number of alkyl halides is 3. The Hall–Kier alpha value is -2.12. The molecule has 2 heterocycles. The number of carbonyl (C=O) groups is 2. The normalized spacial score (nSPS) is 24.3. The molecule has 2 aliphatic heterocycles. The van der Waals surface area contributed by atoms with Crippen molar-refractivity contribution in [1.29, 1.82) is 0 Å². The number of fused-ring (bicyclic) bond motifs is 1. The number of nitrogens with one attached hydrogen (secondary N) is 1. The van der Waals surface area contributed by atoms with Gasteiger partial charge >= 0.3 is 6.18 Å². The Bertz CT molecular complexity index is 659. The second-order valence-corrected chi connectivity index (χ2v) is 5.75. The summed E-state index contributed by atoms with van der Waals surface area (Å²) in [5, 5.41) is 2.67. The predicted molar refractivity (Wildman–Crippen MR) is 72.0 cm³/mol. The molecule has 1 N–H and O–H groups in total. The molecule has 0 aromatic heterocycles. The summed E-state index contributed by atoms with van der Waals surface area (Å²) in [6, 6.07) is 1.87. The van der Waals surface area contributed by atoms with Gasteiger partial charge < -0.3 is 10.2 Å². The van der Waals surface area contributed by atoms with Crippen molar-refractivity contribution >= 4 is 11.8 Å². The Kier molecular flexibility index (Phi) is 3.77. The summed E-state index contributed by atoms with van der Waals surface area (Å²) in [6.45, 7) is 0.663. The lowest BCUT2D eigenvalue weighted by molar-refractivity contribution is -0.140. The van der Waals surface area contributed by atoms with Gasteiger partial charge in [-0.05, 0) is 31.0 Å². The molecule has 0 radical (unpaired) electrons. The lowest BCUT2D eigenvalue weighted by Gasteiger charge is -2.36. The minimum absolute atomic E-state index is 0.136. The highest BCUT2D eigenvalue weighted by atomic mass is 19.4. The van der Waals surface area contributed by atoms with Crippen LogP contribution in [-0.2, 0) is 11.0 Å². The van der Waals surface area contributed by atoms with Crippen LogP contribution in [0.25, 0.3) is 0 Å². The molecular weight excluding hydrogens is 316 g/mol. The number of halogens is 4. The number of benzene rings is 1. The van der Waals surface area contributed by atoms with Crippen LogP contribution in [0, 0.1) is 11.7 Å². The zero-order valence-electron chi connectivity index (χ0n) is 12.0. The second kappa shape index (κ2) is 5.50. The van der Waals surface area contributed by atoms with Crippen LogP contribution in [0.1, 0.15) is 28.8 Å². The Morgan fingerprint density at radius 3 is 2.74 bits per heavy atom. The second-order valence-electron chi connectivity index (χ2n) is 5.75. The van der Waals surface area contributed by atoms with E-state index < -0.39 is 23.5 Å². The number of rotatable bonds is 1. The van der Waals surface area contributed by atoms with Crippen LogP contribution in [0.2, 0.25) is 0 Å². The van der Waals surface area contributed by atoms with Crippen molar-refractivity contribution in [2.75, 3.05) is 13.1 Å². The molecule has 2 atom stereocenters. The van der Waals surface area contributed by atoms with Crippen molar-refractivity contribution in [3.8, 4) is 0 Å². The lowest BCUT2D eigenvalue weighted by Crippen LogP contribution is -2.48. The first-order valence-electron chi connectivity index (χ1n) is 7.24. The maximum Gasteiger partial charge on any atom is 0.419 e. The van der Waals surface area contributed by atoms with Crippen molar-refractivity contribution < 1.29 is 27.2 Å². The minimum Gasteiger partial charge on any atom is -0.354 e. The van der Waals surface area contributed by atoms with Crippen LogP contribution in [0.4, 0.5) is 17.6 Å². The van der Waals surface area contributed by atoms with E-state index in [2.05, 4.69) is 5.32 Å². The van der Waals surface area contributed by atoms with Crippen LogP contribution in [0.5, 0.6) is 0 Å². The zero-order valence-corrected chi connectivity index (χ0v) is 12.0. The molecule has 0 saturated carbocycles. The van der Waals surface area contributed by atoms with E-state index in [-0.39, 0.29) is 23.4 Å². The summed E-state index contributed by atoms with van der Waals surface area (Å²) in [7, 11) is 0. The highest BCUT2D eigenvalue weighted by Crippen LogP contribution is 2.33. The summed E-state index contributed by atoms with van der Waals surface area (Å²) in [6.07, 6.45) is -3.61. The maximum absolute atomic E-state index is 13.3. The Labute approximate surface area is 129 Å². The van der Waals surface area contributed by atoms with E-state index in [1.807, 2.05) is 0 Å². The highest BCUT2D eigenvalue weighted by molar-refractivity contribution is 5.95. The smallest absolute Gasteiger partial charge is 0.354 e. The summed E-state index contributed by atoms with van der Waals surface area (Å²) in [4.78, 5) is 25.6. The number of nitrogens with zero attached hydrogens (tertiary/aromatic N) is 1. The van der Waals surface area contributed by atoms with E-state index in [9.17, 15) is 27.2 Å². The summed E-state index contributed by atoms with van der Waals surface area (Å²) >= 11 is 0. The fraction of sp³-hybridized carbons (Fsp3) is 0.467. The fourth-order valence-electron chi connectivity index (χ4n) is 3.25. The average molecular weight is 330 g/mol. The zero-order chi connectivity index (χ0) is 16.8. The van der Waals surface area contributed by atoms with E-state index >= 15 is 0 Å². The molecule has 2 aliphatic rings. The SMILES string of the molecule is O=C1NC[C@@H]2[C@H]1CCCN2C(=O)c1ccc(F)c(C(F)(F)F)c1. The van der Waals surface area contributed by atoms with Crippen LogP contribution in [0.3, 0.4) is 0 Å². The van der Waals surface area contributed by atoms with Crippen molar-refractivity contribution in [2.45, 2.75) is 25.1 Å². The average Bonchev–Trinajstić information content (AvgIpc) is 2.87. The fourth-order valence-corrected chi connectivity index (χ4v) is 3.25. The monoisotopic (exact) mass is 330 g/mol. The number of likely N-dealkylation sites (tertiary alicyclic amines) is 1. The molecule has 23 heavy (non-hydrogen) atoms. The quantitative estimate of drug-likeness (QED) is 0.803. The molecule has 2 amide bonds. The Morgan fingerprint density at radius 2 is 2.04 bits per heavy atom. The molecule has 8 heteroatoms. The topological polar surface area (TPSA) is 49.4 Å². The summed E-state index contributed by atoms with van der Waals surface area (Å²) in [5.74, 6) is -2.48. The van der Waals surface area contributed by atoms with Gasteiger partial charge in [0, 0.05) is 18.7 Å². The van der Waals surface area contributed by atoms with E-state index in [1.165, 1.54) is 4.90 Å². The van der Waals surface area contributed by atoms with Gasteiger partial charge in [0.15, 0.2) is 0 Å². The number of piperidine rings is 1. The summed E-state index contributed by atoms with van der Waals surface area (Å²) in [5.41, 5.74) is -1.68. The Morgan fingerprint density at radius 1 is 1.30 bits per heavy atom.